The van der Waals surface area contributed by atoms with E-state index in [4.69, 9.17) is 9.51 Å². The summed E-state index contributed by atoms with van der Waals surface area (Å²) < 4.78 is 7.46. The molecule has 2 aromatic heterocycles. The first kappa shape index (κ1) is 18.5. The van der Waals surface area contributed by atoms with Gasteiger partial charge in [0, 0.05) is 32.1 Å². The van der Waals surface area contributed by atoms with Crippen LogP contribution in [0.15, 0.2) is 34.9 Å². The molecule has 148 valence electrons. The zero-order chi connectivity index (χ0) is 19.5. The van der Waals surface area contributed by atoms with Crippen molar-refractivity contribution in [3.05, 3.63) is 47.6 Å². The van der Waals surface area contributed by atoms with Gasteiger partial charge in [-0.25, -0.2) is 9.78 Å². The number of fused-ring (bicyclic) bond motifs is 1. The standard InChI is InChI=1S/C21H27N5O2/c1-3-7-16-12-17(28-24-16)13-22-21(27)26-11-6-8-15(14-26)20-23-18-9-4-5-10-19(18)25(20)2/h4-5,9-10,12,15H,3,6-8,11,13-14H2,1-2H3,(H,22,27)/t15-/m1/s1. The number of rotatable bonds is 5. The fraction of sp³-hybridized carbons (Fsp3) is 0.476. The molecule has 28 heavy (non-hydrogen) atoms. The van der Waals surface area contributed by atoms with Crippen LogP contribution in [-0.2, 0) is 20.0 Å². The van der Waals surface area contributed by atoms with Gasteiger partial charge in [0.1, 0.15) is 5.82 Å². The van der Waals surface area contributed by atoms with E-state index in [1.807, 2.05) is 29.2 Å². The third kappa shape index (κ3) is 3.74. The van der Waals surface area contributed by atoms with E-state index in [9.17, 15) is 4.79 Å². The number of hydrogen-bond acceptors (Lipinski definition) is 4. The van der Waals surface area contributed by atoms with E-state index in [2.05, 4.69) is 35.1 Å². The number of nitrogens with zero attached hydrogens (tertiary/aromatic N) is 4. The van der Waals surface area contributed by atoms with Gasteiger partial charge in [0.15, 0.2) is 5.76 Å². The average Bonchev–Trinajstić information content (AvgIpc) is 3.31. The van der Waals surface area contributed by atoms with Crippen LogP contribution in [0.25, 0.3) is 11.0 Å². The molecule has 1 aliphatic rings. The third-order valence-corrected chi connectivity index (χ3v) is 5.42. The molecule has 3 aromatic rings. The minimum absolute atomic E-state index is 0.0584. The Kier molecular flexibility index (Phi) is 5.32. The van der Waals surface area contributed by atoms with Gasteiger partial charge >= 0.3 is 6.03 Å². The number of hydrogen-bond donors (Lipinski definition) is 1. The second-order valence-electron chi connectivity index (χ2n) is 7.50. The van der Waals surface area contributed by atoms with Gasteiger partial charge in [0.25, 0.3) is 0 Å². The molecule has 0 spiro atoms. The van der Waals surface area contributed by atoms with Crippen molar-refractivity contribution in [3.63, 3.8) is 0 Å². The van der Waals surface area contributed by atoms with Crippen molar-refractivity contribution in [2.75, 3.05) is 13.1 Å². The SMILES string of the molecule is CCCc1cc(CNC(=O)N2CCC[C@@H](c3nc4ccccc4n3C)C2)on1. The number of benzene rings is 1. The molecule has 0 unspecified atom stereocenters. The Balaban J connectivity index is 1.39. The molecule has 1 fully saturated rings. The number of para-hydroxylation sites is 2. The summed E-state index contributed by atoms with van der Waals surface area (Å²) in [5.74, 6) is 2.00. The summed E-state index contributed by atoms with van der Waals surface area (Å²) in [6, 6.07) is 10.0. The van der Waals surface area contributed by atoms with E-state index in [1.165, 1.54) is 0 Å². The Morgan fingerprint density at radius 1 is 1.36 bits per heavy atom. The maximum Gasteiger partial charge on any atom is 0.317 e. The molecular weight excluding hydrogens is 354 g/mol. The van der Waals surface area contributed by atoms with E-state index in [1.54, 1.807) is 0 Å². The lowest BCUT2D eigenvalue weighted by Gasteiger charge is -2.32. The highest BCUT2D eigenvalue weighted by atomic mass is 16.5. The van der Waals surface area contributed by atoms with Crippen molar-refractivity contribution in [1.82, 2.24) is 24.9 Å². The number of nitrogens with one attached hydrogen (secondary N) is 1. The number of carbonyl (C=O) groups excluding carboxylic acids is 1. The minimum atomic E-state index is -0.0584. The normalized spacial score (nSPS) is 17.2. The molecule has 7 heteroatoms. The monoisotopic (exact) mass is 381 g/mol. The Hall–Kier alpha value is -2.83. The van der Waals surface area contributed by atoms with Gasteiger partial charge in [0.05, 0.1) is 23.3 Å². The second-order valence-corrected chi connectivity index (χ2v) is 7.50. The molecular formula is C21H27N5O2. The number of aryl methyl sites for hydroxylation is 2. The molecule has 4 rings (SSSR count). The van der Waals surface area contributed by atoms with Gasteiger partial charge in [-0.2, -0.15) is 0 Å². The van der Waals surface area contributed by atoms with Crippen molar-refractivity contribution >= 4 is 17.1 Å². The van der Waals surface area contributed by atoms with Crippen molar-refractivity contribution in [3.8, 4) is 0 Å². The van der Waals surface area contributed by atoms with Crippen LogP contribution in [-0.4, -0.2) is 38.7 Å². The van der Waals surface area contributed by atoms with E-state index in [0.29, 0.717) is 18.8 Å². The first-order valence-electron chi connectivity index (χ1n) is 10.0. The number of carbonyl (C=O) groups is 1. The molecule has 0 saturated carbocycles. The topological polar surface area (TPSA) is 76.2 Å². The molecule has 7 nitrogen and oxygen atoms in total. The van der Waals surface area contributed by atoms with Crippen LogP contribution >= 0.6 is 0 Å². The van der Waals surface area contributed by atoms with Crippen LogP contribution < -0.4 is 5.32 Å². The molecule has 3 heterocycles. The highest BCUT2D eigenvalue weighted by molar-refractivity contribution is 5.76. The van der Waals surface area contributed by atoms with Crippen LogP contribution in [0.5, 0.6) is 0 Å². The lowest BCUT2D eigenvalue weighted by atomic mass is 9.97. The van der Waals surface area contributed by atoms with Gasteiger partial charge in [-0.3, -0.25) is 0 Å². The van der Waals surface area contributed by atoms with Crippen LogP contribution in [0.2, 0.25) is 0 Å². The molecule has 1 aromatic carbocycles. The van der Waals surface area contributed by atoms with Crippen LogP contribution in [0.3, 0.4) is 0 Å². The number of amides is 2. The highest BCUT2D eigenvalue weighted by Gasteiger charge is 2.28. The number of urea groups is 1. The fourth-order valence-corrected chi connectivity index (χ4v) is 3.99. The number of likely N-dealkylation sites (tertiary alicyclic amines) is 1. The lowest BCUT2D eigenvalue weighted by molar-refractivity contribution is 0.176. The van der Waals surface area contributed by atoms with Crippen molar-refractivity contribution in [2.24, 2.45) is 7.05 Å². The van der Waals surface area contributed by atoms with Gasteiger partial charge in [-0.15, -0.1) is 0 Å². The van der Waals surface area contributed by atoms with E-state index in [0.717, 1.165) is 54.8 Å². The number of imidazole rings is 1. The highest BCUT2D eigenvalue weighted by Crippen LogP contribution is 2.28. The average molecular weight is 381 g/mol. The summed E-state index contributed by atoms with van der Waals surface area (Å²) in [4.78, 5) is 19.4. The van der Waals surface area contributed by atoms with Crippen molar-refractivity contribution in [1.29, 1.82) is 0 Å². The summed E-state index contributed by atoms with van der Waals surface area (Å²) in [7, 11) is 2.06. The summed E-state index contributed by atoms with van der Waals surface area (Å²) in [5, 5.41) is 6.99. The second kappa shape index (κ2) is 8.04. The van der Waals surface area contributed by atoms with Gasteiger partial charge in [0.2, 0.25) is 0 Å². The zero-order valence-electron chi connectivity index (χ0n) is 16.5. The Morgan fingerprint density at radius 2 is 2.21 bits per heavy atom. The van der Waals surface area contributed by atoms with Crippen LogP contribution in [0, 0.1) is 0 Å². The quantitative estimate of drug-likeness (QED) is 0.733. The van der Waals surface area contributed by atoms with Gasteiger partial charge < -0.3 is 19.3 Å². The third-order valence-electron chi connectivity index (χ3n) is 5.42. The molecule has 0 radical (unpaired) electrons. The molecule has 0 bridgehead atoms. The number of aromatic nitrogens is 3. The Labute approximate surface area is 164 Å². The molecule has 1 atom stereocenters. The molecule has 0 aliphatic carbocycles. The summed E-state index contributed by atoms with van der Waals surface area (Å²) in [6.45, 7) is 3.92. The van der Waals surface area contributed by atoms with E-state index < -0.39 is 0 Å². The van der Waals surface area contributed by atoms with Gasteiger partial charge in [-0.1, -0.05) is 30.6 Å². The Morgan fingerprint density at radius 3 is 3.04 bits per heavy atom. The summed E-state index contributed by atoms with van der Waals surface area (Å²) in [5.41, 5.74) is 3.08. The van der Waals surface area contributed by atoms with E-state index in [-0.39, 0.29) is 11.9 Å². The molecule has 1 aliphatic heterocycles. The largest absolute Gasteiger partial charge is 0.359 e. The first-order chi connectivity index (χ1) is 13.7. The summed E-state index contributed by atoms with van der Waals surface area (Å²) in [6.07, 6.45) is 3.94. The summed E-state index contributed by atoms with van der Waals surface area (Å²) >= 11 is 0. The fourth-order valence-electron chi connectivity index (χ4n) is 3.99. The first-order valence-corrected chi connectivity index (χ1v) is 10.0. The predicted octanol–water partition coefficient (Wildman–Crippen LogP) is 3.60. The maximum absolute atomic E-state index is 12.7. The Bertz CT molecular complexity index is 961. The maximum atomic E-state index is 12.7. The molecule has 1 saturated heterocycles. The lowest BCUT2D eigenvalue weighted by Crippen LogP contribution is -2.45. The van der Waals surface area contributed by atoms with E-state index >= 15 is 0 Å². The molecule has 1 N–H and O–H groups in total. The smallest absolute Gasteiger partial charge is 0.317 e. The zero-order valence-corrected chi connectivity index (χ0v) is 16.5. The van der Waals surface area contributed by atoms with Crippen molar-refractivity contribution in [2.45, 2.75) is 45.1 Å². The minimum Gasteiger partial charge on any atom is -0.359 e. The van der Waals surface area contributed by atoms with Crippen molar-refractivity contribution < 1.29 is 9.32 Å². The van der Waals surface area contributed by atoms with Gasteiger partial charge in [-0.05, 0) is 31.4 Å². The number of piperidine rings is 1. The van der Waals surface area contributed by atoms with Crippen LogP contribution in [0.1, 0.15) is 49.4 Å². The predicted molar refractivity (Wildman–Crippen MR) is 107 cm³/mol. The van der Waals surface area contributed by atoms with Crippen LogP contribution in [0.4, 0.5) is 4.79 Å². The molecule has 2 amide bonds.